The van der Waals surface area contributed by atoms with Gasteiger partial charge in [-0.2, -0.15) is 0 Å². The number of carboxylic acid groups (broad SMARTS) is 1. The zero-order valence-corrected chi connectivity index (χ0v) is 6.66. The number of benzene rings is 1. The van der Waals surface area contributed by atoms with Crippen LogP contribution in [0.3, 0.4) is 0 Å². The lowest BCUT2D eigenvalue weighted by Gasteiger charge is -1.99. The molecule has 4 nitrogen and oxygen atoms in total. The number of rotatable bonds is 2. The number of hydrogen-bond donors (Lipinski definition) is 3. The zero-order valence-electron chi connectivity index (χ0n) is 6.66. The Bertz CT molecular complexity index is 274. The molecule has 1 aromatic carbocycles. The van der Waals surface area contributed by atoms with Crippen molar-refractivity contribution in [1.82, 2.24) is 6.15 Å². The van der Waals surface area contributed by atoms with Crippen molar-refractivity contribution in [2.75, 3.05) is 5.73 Å². The lowest BCUT2D eigenvalue weighted by atomic mass is 10.1. The molecule has 66 valence electrons. The molecule has 0 saturated carbocycles. The Labute approximate surface area is 70.6 Å². The molecule has 0 atom stereocenters. The van der Waals surface area contributed by atoms with Gasteiger partial charge < -0.3 is 17.0 Å². The highest BCUT2D eigenvalue weighted by Gasteiger charge is 2.01. The number of carboxylic acids is 1. The molecule has 4 heteroatoms. The van der Waals surface area contributed by atoms with E-state index in [1.54, 1.807) is 24.3 Å². The number of anilines is 1. The second-order valence-corrected chi connectivity index (χ2v) is 2.27. The summed E-state index contributed by atoms with van der Waals surface area (Å²) in [6, 6.07) is 6.96. The smallest absolute Gasteiger partial charge is 0.307 e. The van der Waals surface area contributed by atoms with Crippen LogP contribution in [0.15, 0.2) is 24.3 Å². The fourth-order valence-electron chi connectivity index (χ4n) is 0.858. The third-order valence-electron chi connectivity index (χ3n) is 1.40. The number of nitrogens with two attached hydrogens (primary N) is 1. The maximum atomic E-state index is 10.3. The van der Waals surface area contributed by atoms with E-state index in [9.17, 15) is 4.79 Å². The fraction of sp³-hybridized carbons (Fsp3) is 0.125. The number of carbonyl (C=O) groups is 1. The van der Waals surface area contributed by atoms with E-state index in [-0.39, 0.29) is 12.6 Å². The van der Waals surface area contributed by atoms with Crippen LogP contribution in [0.2, 0.25) is 0 Å². The quantitative estimate of drug-likeness (QED) is 0.575. The summed E-state index contributed by atoms with van der Waals surface area (Å²) in [6.45, 7) is 0. The number of para-hydroxylation sites is 1. The maximum Gasteiger partial charge on any atom is 0.307 e. The Morgan fingerprint density at radius 1 is 1.42 bits per heavy atom. The number of hydrogen-bond acceptors (Lipinski definition) is 3. The number of nitrogen functional groups attached to an aromatic ring is 1. The highest BCUT2D eigenvalue weighted by atomic mass is 16.4. The van der Waals surface area contributed by atoms with E-state index in [1.165, 1.54) is 0 Å². The zero-order chi connectivity index (χ0) is 8.27. The topological polar surface area (TPSA) is 98.3 Å². The summed E-state index contributed by atoms with van der Waals surface area (Å²) >= 11 is 0. The Morgan fingerprint density at radius 2 is 2.00 bits per heavy atom. The van der Waals surface area contributed by atoms with Crippen molar-refractivity contribution in [2.24, 2.45) is 0 Å². The van der Waals surface area contributed by atoms with Crippen molar-refractivity contribution in [2.45, 2.75) is 6.42 Å². The summed E-state index contributed by atoms with van der Waals surface area (Å²) in [7, 11) is 0. The van der Waals surface area contributed by atoms with Crippen LogP contribution in [-0.4, -0.2) is 11.1 Å². The van der Waals surface area contributed by atoms with Crippen LogP contribution in [-0.2, 0) is 11.2 Å². The van der Waals surface area contributed by atoms with Crippen LogP contribution < -0.4 is 11.9 Å². The molecular formula is C8H12N2O2. The van der Waals surface area contributed by atoms with Gasteiger partial charge >= 0.3 is 5.97 Å². The van der Waals surface area contributed by atoms with Crippen LogP contribution in [0.4, 0.5) is 5.69 Å². The lowest BCUT2D eigenvalue weighted by Crippen LogP contribution is -2.02. The average molecular weight is 168 g/mol. The molecule has 0 fully saturated rings. The first-order valence-electron chi connectivity index (χ1n) is 3.25. The van der Waals surface area contributed by atoms with E-state index < -0.39 is 5.97 Å². The normalized spacial score (nSPS) is 8.67. The van der Waals surface area contributed by atoms with Gasteiger partial charge in [0.1, 0.15) is 0 Å². The van der Waals surface area contributed by atoms with Crippen molar-refractivity contribution in [3.63, 3.8) is 0 Å². The molecule has 0 aromatic heterocycles. The maximum absolute atomic E-state index is 10.3. The van der Waals surface area contributed by atoms with Crippen molar-refractivity contribution >= 4 is 11.7 Å². The molecule has 0 spiro atoms. The van der Waals surface area contributed by atoms with E-state index in [4.69, 9.17) is 10.8 Å². The first kappa shape index (κ1) is 10.4. The molecule has 1 rings (SSSR count). The third-order valence-corrected chi connectivity index (χ3v) is 1.40. The highest BCUT2D eigenvalue weighted by Crippen LogP contribution is 2.10. The van der Waals surface area contributed by atoms with Crippen LogP contribution >= 0.6 is 0 Å². The molecule has 0 radical (unpaired) electrons. The molecule has 0 aliphatic rings. The summed E-state index contributed by atoms with van der Waals surface area (Å²) < 4.78 is 0. The van der Waals surface area contributed by atoms with Gasteiger partial charge in [-0.25, -0.2) is 0 Å². The first-order chi connectivity index (χ1) is 5.20. The van der Waals surface area contributed by atoms with Gasteiger partial charge in [0.2, 0.25) is 0 Å². The highest BCUT2D eigenvalue weighted by molar-refractivity contribution is 5.72. The molecule has 0 aliphatic carbocycles. The molecule has 0 bridgehead atoms. The molecule has 0 heterocycles. The molecule has 0 amide bonds. The molecule has 6 N–H and O–H groups in total. The SMILES string of the molecule is N.Nc1ccccc1CC(=O)O. The third kappa shape index (κ3) is 2.59. The largest absolute Gasteiger partial charge is 0.481 e. The molecule has 0 unspecified atom stereocenters. The van der Waals surface area contributed by atoms with Gasteiger partial charge in [0.15, 0.2) is 0 Å². The van der Waals surface area contributed by atoms with Crippen LogP contribution in [0.25, 0.3) is 0 Å². The molecule has 12 heavy (non-hydrogen) atoms. The fourth-order valence-corrected chi connectivity index (χ4v) is 0.858. The van der Waals surface area contributed by atoms with Crippen molar-refractivity contribution in [1.29, 1.82) is 0 Å². The van der Waals surface area contributed by atoms with Gasteiger partial charge in [0, 0.05) is 5.69 Å². The summed E-state index contributed by atoms with van der Waals surface area (Å²) in [5.41, 5.74) is 6.71. The minimum Gasteiger partial charge on any atom is -0.481 e. The van der Waals surface area contributed by atoms with Gasteiger partial charge in [-0.3, -0.25) is 4.79 Å². The van der Waals surface area contributed by atoms with Crippen molar-refractivity contribution < 1.29 is 9.90 Å². The summed E-state index contributed by atoms with van der Waals surface area (Å²) in [4.78, 5) is 10.3. The minimum absolute atomic E-state index is 0. The molecule has 0 aliphatic heterocycles. The predicted octanol–water partition coefficient (Wildman–Crippen LogP) is 1.06. The Balaban J connectivity index is 0.00000121. The predicted molar refractivity (Wildman–Crippen MR) is 47.2 cm³/mol. The van der Waals surface area contributed by atoms with E-state index in [2.05, 4.69) is 0 Å². The minimum atomic E-state index is -0.858. The molecule has 0 saturated heterocycles. The summed E-state index contributed by atoms with van der Waals surface area (Å²) in [6.07, 6.45) is -0.00727. The average Bonchev–Trinajstić information content (AvgIpc) is 1.93. The van der Waals surface area contributed by atoms with Crippen LogP contribution in [0.5, 0.6) is 0 Å². The van der Waals surface area contributed by atoms with Crippen LogP contribution in [0.1, 0.15) is 5.56 Å². The Kier molecular flexibility index (Phi) is 3.79. The van der Waals surface area contributed by atoms with Gasteiger partial charge in [0.05, 0.1) is 6.42 Å². The molecular weight excluding hydrogens is 156 g/mol. The van der Waals surface area contributed by atoms with E-state index in [1.807, 2.05) is 0 Å². The standard InChI is InChI=1S/C8H9NO2.H3N/c9-7-4-2-1-3-6(7)5-8(10)11;/h1-4H,5,9H2,(H,10,11);1H3. The Morgan fingerprint density at radius 3 is 2.50 bits per heavy atom. The second kappa shape index (κ2) is 4.35. The van der Waals surface area contributed by atoms with E-state index >= 15 is 0 Å². The van der Waals surface area contributed by atoms with E-state index in [0.29, 0.717) is 11.3 Å². The van der Waals surface area contributed by atoms with Gasteiger partial charge in [-0.15, -0.1) is 0 Å². The monoisotopic (exact) mass is 168 g/mol. The van der Waals surface area contributed by atoms with Crippen molar-refractivity contribution in [3.05, 3.63) is 29.8 Å². The lowest BCUT2D eigenvalue weighted by molar-refractivity contribution is -0.136. The van der Waals surface area contributed by atoms with Crippen molar-refractivity contribution in [3.8, 4) is 0 Å². The summed E-state index contributed by atoms with van der Waals surface area (Å²) in [5, 5.41) is 8.44. The van der Waals surface area contributed by atoms with Gasteiger partial charge in [0.25, 0.3) is 0 Å². The first-order valence-corrected chi connectivity index (χ1v) is 3.25. The second-order valence-electron chi connectivity index (χ2n) is 2.27. The summed E-state index contributed by atoms with van der Waals surface area (Å²) in [5.74, 6) is -0.858. The van der Waals surface area contributed by atoms with E-state index in [0.717, 1.165) is 0 Å². The van der Waals surface area contributed by atoms with Gasteiger partial charge in [-0.05, 0) is 11.6 Å². The van der Waals surface area contributed by atoms with Gasteiger partial charge in [-0.1, -0.05) is 18.2 Å². The molecule has 1 aromatic rings. The number of aliphatic carboxylic acids is 1. The Hall–Kier alpha value is -1.55. The van der Waals surface area contributed by atoms with Crippen LogP contribution in [0, 0.1) is 0 Å².